The minimum Gasteiger partial charge on any atom is -0.337 e. The van der Waals surface area contributed by atoms with Gasteiger partial charge < -0.3 is 10.2 Å². The van der Waals surface area contributed by atoms with E-state index < -0.39 is 5.82 Å². The average Bonchev–Trinajstić information content (AvgIpc) is 3.30. The predicted octanol–water partition coefficient (Wildman–Crippen LogP) is 4.45. The molecule has 4 rings (SSSR count). The maximum absolute atomic E-state index is 13.6. The van der Waals surface area contributed by atoms with E-state index in [2.05, 4.69) is 10.3 Å². The molecule has 9 heteroatoms. The highest BCUT2D eigenvalue weighted by Crippen LogP contribution is 2.39. The minimum absolute atomic E-state index is 0.0113. The molecule has 1 aliphatic rings. The first-order valence-electron chi connectivity index (χ1n) is 8.20. The summed E-state index contributed by atoms with van der Waals surface area (Å²) < 4.78 is 13.6. The molecule has 1 N–H and O–H groups in total. The third-order valence-electron chi connectivity index (χ3n) is 4.18. The van der Waals surface area contributed by atoms with Gasteiger partial charge in [0.1, 0.15) is 12.4 Å². The van der Waals surface area contributed by atoms with Crippen LogP contribution in [0.2, 0.25) is 10.0 Å². The third-order valence-corrected chi connectivity index (χ3v) is 5.80. The van der Waals surface area contributed by atoms with Crippen LogP contribution >= 0.6 is 34.5 Å². The van der Waals surface area contributed by atoms with Gasteiger partial charge in [-0.15, -0.1) is 11.3 Å². The molecule has 1 aliphatic heterocycles. The summed E-state index contributed by atoms with van der Waals surface area (Å²) in [4.78, 5) is 30.8. The number of halogens is 3. The lowest BCUT2D eigenvalue weighted by Gasteiger charge is -2.10. The van der Waals surface area contributed by atoms with Crippen LogP contribution in [0.25, 0.3) is 21.7 Å². The van der Waals surface area contributed by atoms with Crippen molar-refractivity contribution in [2.75, 3.05) is 13.2 Å². The van der Waals surface area contributed by atoms with Gasteiger partial charge >= 0.3 is 0 Å². The zero-order valence-electron chi connectivity index (χ0n) is 14.2. The fourth-order valence-corrected chi connectivity index (χ4v) is 4.25. The number of nitrogens with one attached hydrogen (secondary N) is 1. The van der Waals surface area contributed by atoms with Gasteiger partial charge in [0.15, 0.2) is 5.01 Å². The number of rotatable bonds is 3. The maximum Gasteiger partial charge on any atom is 0.284 e. The van der Waals surface area contributed by atoms with Crippen LogP contribution in [-0.4, -0.2) is 34.9 Å². The van der Waals surface area contributed by atoms with Crippen LogP contribution in [0.15, 0.2) is 42.5 Å². The van der Waals surface area contributed by atoms with E-state index in [1.165, 1.54) is 28.4 Å². The topological polar surface area (TPSA) is 62.3 Å². The normalized spacial score (nSPS) is 13.7. The highest BCUT2D eigenvalue weighted by Gasteiger charge is 2.28. The van der Waals surface area contributed by atoms with Gasteiger partial charge in [0.2, 0.25) is 5.91 Å². The standard InChI is InChI=1S/C19H12Cl2FN3O2S/c20-12-3-1-2-11(6-12)17-16(10-4-5-14(22)13(21)7-10)24-18(28-17)19(27)25-8-15(26)23-9-25/h1-7H,8-9H2,(H,23,26). The second-order valence-electron chi connectivity index (χ2n) is 6.10. The quantitative estimate of drug-likeness (QED) is 0.660. The zero-order chi connectivity index (χ0) is 19.8. The number of hydrogen-bond donors (Lipinski definition) is 1. The number of hydrogen-bond acceptors (Lipinski definition) is 4. The Morgan fingerprint density at radius 2 is 2.00 bits per heavy atom. The highest BCUT2D eigenvalue weighted by molar-refractivity contribution is 7.17. The molecule has 1 aromatic heterocycles. The number of carbonyl (C=O) groups is 2. The molecular weight excluding hydrogens is 424 g/mol. The largest absolute Gasteiger partial charge is 0.337 e. The summed E-state index contributed by atoms with van der Waals surface area (Å²) in [6.07, 6.45) is 0. The lowest BCUT2D eigenvalue weighted by molar-refractivity contribution is -0.118. The summed E-state index contributed by atoms with van der Waals surface area (Å²) in [6.45, 7) is 0.129. The summed E-state index contributed by atoms with van der Waals surface area (Å²) in [5.74, 6) is -1.11. The summed E-state index contributed by atoms with van der Waals surface area (Å²) in [5, 5.41) is 3.32. The molecular formula is C19H12Cl2FN3O2S. The Hall–Kier alpha value is -2.48. The molecule has 0 bridgehead atoms. The molecule has 1 fully saturated rings. The van der Waals surface area contributed by atoms with Crippen LogP contribution in [0.3, 0.4) is 0 Å². The molecule has 5 nitrogen and oxygen atoms in total. The monoisotopic (exact) mass is 435 g/mol. The van der Waals surface area contributed by atoms with Crippen molar-refractivity contribution in [2.45, 2.75) is 0 Å². The van der Waals surface area contributed by atoms with E-state index in [0.717, 1.165) is 5.56 Å². The predicted molar refractivity (Wildman–Crippen MR) is 107 cm³/mol. The van der Waals surface area contributed by atoms with Crippen LogP contribution in [-0.2, 0) is 4.79 Å². The minimum atomic E-state index is -0.539. The van der Waals surface area contributed by atoms with Crippen molar-refractivity contribution < 1.29 is 14.0 Å². The summed E-state index contributed by atoms with van der Waals surface area (Å²) >= 11 is 13.2. The molecule has 0 atom stereocenters. The van der Waals surface area contributed by atoms with Gasteiger partial charge in [-0.3, -0.25) is 9.59 Å². The van der Waals surface area contributed by atoms with Crippen molar-refractivity contribution in [2.24, 2.45) is 0 Å². The number of aromatic nitrogens is 1. The second kappa shape index (κ2) is 7.50. The fourth-order valence-electron chi connectivity index (χ4n) is 2.82. The summed E-state index contributed by atoms with van der Waals surface area (Å²) in [7, 11) is 0. The van der Waals surface area contributed by atoms with Crippen molar-refractivity contribution in [1.82, 2.24) is 15.2 Å². The number of amides is 2. The van der Waals surface area contributed by atoms with Gasteiger partial charge in [-0.2, -0.15) is 0 Å². The van der Waals surface area contributed by atoms with Crippen LogP contribution in [0.5, 0.6) is 0 Å². The molecule has 0 saturated carbocycles. The summed E-state index contributed by atoms with van der Waals surface area (Å²) in [6, 6.07) is 11.4. The van der Waals surface area contributed by atoms with Gasteiger partial charge in [-0.25, -0.2) is 9.37 Å². The van der Waals surface area contributed by atoms with Gasteiger partial charge in [0.25, 0.3) is 5.91 Å². The first kappa shape index (κ1) is 18.9. The Labute approximate surface area is 173 Å². The zero-order valence-corrected chi connectivity index (χ0v) is 16.5. The molecule has 28 heavy (non-hydrogen) atoms. The molecule has 0 unspecified atom stereocenters. The first-order valence-corrected chi connectivity index (χ1v) is 9.78. The van der Waals surface area contributed by atoms with Crippen LogP contribution in [0.1, 0.15) is 9.80 Å². The van der Waals surface area contributed by atoms with E-state index in [9.17, 15) is 14.0 Å². The molecule has 142 valence electrons. The van der Waals surface area contributed by atoms with Gasteiger partial charge in [-0.05, 0) is 35.9 Å². The van der Waals surface area contributed by atoms with Gasteiger partial charge in [0.05, 0.1) is 22.3 Å². The van der Waals surface area contributed by atoms with E-state index in [0.29, 0.717) is 21.2 Å². The molecule has 0 aliphatic carbocycles. The molecule has 3 aromatic rings. The number of benzene rings is 2. The van der Waals surface area contributed by atoms with E-state index in [1.807, 2.05) is 6.07 Å². The highest BCUT2D eigenvalue weighted by atomic mass is 35.5. The smallest absolute Gasteiger partial charge is 0.284 e. The lowest BCUT2D eigenvalue weighted by atomic mass is 10.1. The van der Waals surface area contributed by atoms with Crippen molar-refractivity contribution in [3.05, 3.63) is 63.3 Å². The van der Waals surface area contributed by atoms with E-state index >= 15 is 0 Å². The van der Waals surface area contributed by atoms with E-state index in [-0.39, 0.29) is 35.1 Å². The Morgan fingerprint density at radius 3 is 2.68 bits per heavy atom. The molecule has 2 heterocycles. The van der Waals surface area contributed by atoms with Crippen LogP contribution in [0, 0.1) is 5.82 Å². The summed E-state index contributed by atoms with van der Waals surface area (Å²) in [5.41, 5.74) is 1.85. The molecule has 2 aromatic carbocycles. The first-order chi connectivity index (χ1) is 13.4. The number of thiazole rings is 1. The molecule has 0 radical (unpaired) electrons. The molecule has 2 amide bonds. The maximum atomic E-state index is 13.6. The van der Waals surface area contributed by atoms with Crippen LogP contribution in [0.4, 0.5) is 4.39 Å². The van der Waals surface area contributed by atoms with Crippen LogP contribution < -0.4 is 5.32 Å². The fraction of sp³-hybridized carbons (Fsp3) is 0.105. The van der Waals surface area contributed by atoms with Crippen molar-refractivity contribution in [3.63, 3.8) is 0 Å². The number of carbonyl (C=O) groups excluding carboxylic acids is 2. The Balaban J connectivity index is 1.83. The van der Waals surface area contributed by atoms with Gasteiger partial charge in [-0.1, -0.05) is 35.3 Å². The van der Waals surface area contributed by atoms with Gasteiger partial charge in [0, 0.05) is 10.6 Å². The van der Waals surface area contributed by atoms with Crippen molar-refractivity contribution in [3.8, 4) is 21.7 Å². The van der Waals surface area contributed by atoms with E-state index in [1.54, 1.807) is 24.3 Å². The average molecular weight is 436 g/mol. The molecule has 0 spiro atoms. The Morgan fingerprint density at radius 1 is 1.18 bits per heavy atom. The number of nitrogens with zero attached hydrogens (tertiary/aromatic N) is 2. The SMILES string of the molecule is O=C1CN(C(=O)c2nc(-c3ccc(F)c(Cl)c3)c(-c3cccc(Cl)c3)s2)CN1. The second-order valence-corrected chi connectivity index (χ2v) is 7.94. The Kier molecular flexibility index (Phi) is 5.05. The van der Waals surface area contributed by atoms with E-state index in [4.69, 9.17) is 23.2 Å². The Bertz CT molecular complexity index is 1100. The van der Waals surface area contributed by atoms with Crippen molar-refractivity contribution in [1.29, 1.82) is 0 Å². The molecule has 1 saturated heterocycles. The lowest BCUT2D eigenvalue weighted by Crippen LogP contribution is -2.29. The van der Waals surface area contributed by atoms with Crippen molar-refractivity contribution >= 4 is 46.4 Å². The third kappa shape index (κ3) is 3.61.